The van der Waals surface area contributed by atoms with Gasteiger partial charge in [0.05, 0.1) is 5.41 Å². The van der Waals surface area contributed by atoms with Gasteiger partial charge < -0.3 is 10.0 Å². The van der Waals surface area contributed by atoms with E-state index in [2.05, 4.69) is 0 Å². The third-order valence-electron chi connectivity index (χ3n) is 4.99. The highest BCUT2D eigenvalue weighted by atomic mass is 19.4. The van der Waals surface area contributed by atoms with Crippen molar-refractivity contribution in [3.8, 4) is 0 Å². The minimum absolute atomic E-state index is 0.181. The number of benzene rings is 1. The van der Waals surface area contributed by atoms with Crippen molar-refractivity contribution in [3.63, 3.8) is 0 Å². The number of nitrogens with zero attached hydrogens (tertiary/aromatic N) is 1. The molecule has 124 valence electrons. The van der Waals surface area contributed by atoms with Gasteiger partial charge in [-0.05, 0) is 24.8 Å². The highest BCUT2D eigenvalue weighted by Gasteiger charge is 2.66. The van der Waals surface area contributed by atoms with E-state index in [-0.39, 0.29) is 6.54 Å². The topological polar surface area (TPSA) is 57.6 Å². The summed E-state index contributed by atoms with van der Waals surface area (Å²) in [6.07, 6.45) is -4.31. The van der Waals surface area contributed by atoms with Crippen molar-refractivity contribution in [2.24, 2.45) is 5.41 Å². The molecular weight excluding hydrogens is 311 g/mol. The molecule has 1 N–H and O–H groups in total. The molecule has 0 spiro atoms. The van der Waals surface area contributed by atoms with E-state index in [1.807, 2.05) is 0 Å². The van der Waals surface area contributed by atoms with Crippen molar-refractivity contribution in [2.75, 3.05) is 13.1 Å². The van der Waals surface area contributed by atoms with E-state index >= 15 is 0 Å². The number of likely N-dealkylation sites (tertiary alicyclic amines) is 1. The summed E-state index contributed by atoms with van der Waals surface area (Å²) in [6, 6.07) is 8.94. The van der Waals surface area contributed by atoms with Gasteiger partial charge in [0, 0.05) is 13.1 Å². The van der Waals surface area contributed by atoms with Gasteiger partial charge in [-0.25, -0.2) is 0 Å². The summed E-state index contributed by atoms with van der Waals surface area (Å²) in [4.78, 5) is 25.0. The van der Waals surface area contributed by atoms with E-state index in [0.717, 1.165) is 10.5 Å². The first-order valence-electron chi connectivity index (χ1n) is 7.38. The average molecular weight is 327 g/mol. The number of hydrogen-bond donors (Lipinski definition) is 1. The molecule has 1 aliphatic carbocycles. The van der Waals surface area contributed by atoms with Crippen LogP contribution in [0.1, 0.15) is 24.8 Å². The molecule has 1 aliphatic heterocycles. The van der Waals surface area contributed by atoms with Gasteiger partial charge in [0.1, 0.15) is 0 Å². The number of carbonyl (C=O) groups is 2. The molecule has 4 nitrogen and oxygen atoms in total. The number of hydrogen-bond acceptors (Lipinski definition) is 2. The van der Waals surface area contributed by atoms with Gasteiger partial charge in [-0.3, -0.25) is 9.59 Å². The maximum absolute atomic E-state index is 13.2. The van der Waals surface area contributed by atoms with Crippen LogP contribution in [0.15, 0.2) is 30.3 Å². The molecule has 0 aromatic heterocycles. The fourth-order valence-corrected chi connectivity index (χ4v) is 3.32. The molecular formula is C16H16F3NO3. The number of aliphatic carboxylic acids is 1. The smallest absolute Gasteiger partial charge is 0.406 e. The minimum Gasteiger partial charge on any atom is -0.481 e. The van der Waals surface area contributed by atoms with Crippen LogP contribution in [-0.2, 0) is 15.0 Å². The summed E-state index contributed by atoms with van der Waals surface area (Å²) in [5, 5.41) is 9.08. The summed E-state index contributed by atoms with van der Waals surface area (Å²) >= 11 is 0. The Kier molecular flexibility index (Phi) is 3.42. The highest BCUT2D eigenvalue weighted by molar-refractivity contribution is 5.92. The average Bonchev–Trinajstić information content (AvgIpc) is 3.17. The number of carbonyl (C=O) groups excluding carboxylic acids is 1. The van der Waals surface area contributed by atoms with Crippen molar-refractivity contribution in [3.05, 3.63) is 35.9 Å². The van der Waals surface area contributed by atoms with Gasteiger partial charge in [-0.2, -0.15) is 13.2 Å². The van der Waals surface area contributed by atoms with Crippen molar-refractivity contribution in [1.82, 2.24) is 4.90 Å². The molecule has 1 unspecified atom stereocenters. The molecule has 1 saturated heterocycles. The van der Waals surface area contributed by atoms with E-state index in [0.29, 0.717) is 12.8 Å². The second-order valence-electron chi connectivity index (χ2n) is 6.31. The number of carboxylic acid groups (broad SMARTS) is 1. The zero-order valence-electron chi connectivity index (χ0n) is 12.3. The fraction of sp³-hybridized carbons (Fsp3) is 0.500. The first-order valence-corrected chi connectivity index (χ1v) is 7.38. The molecule has 1 atom stereocenters. The van der Waals surface area contributed by atoms with E-state index < -0.39 is 41.8 Å². The summed E-state index contributed by atoms with van der Waals surface area (Å²) in [5.74, 6) is -2.30. The second-order valence-corrected chi connectivity index (χ2v) is 6.31. The molecule has 2 aliphatic rings. The molecule has 3 rings (SSSR count). The maximum Gasteiger partial charge on any atom is 0.406 e. The summed E-state index contributed by atoms with van der Waals surface area (Å²) in [6.45, 7) is -0.988. The van der Waals surface area contributed by atoms with Crippen LogP contribution < -0.4 is 0 Å². The molecule has 0 bridgehead atoms. The number of rotatable bonds is 3. The third-order valence-corrected chi connectivity index (χ3v) is 4.99. The molecule has 23 heavy (non-hydrogen) atoms. The van der Waals surface area contributed by atoms with Crippen LogP contribution in [0.5, 0.6) is 0 Å². The number of amides is 1. The lowest BCUT2D eigenvalue weighted by molar-refractivity contribution is -0.227. The van der Waals surface area contributed by atoms with Crippen LogP contribution in [0.2, 0.25) is 0 Å². The standard InChI is InChI=1S/C16H16F3NO3/c17-16(18,19)15(13(22)23)8-9-20(10-15)12(21)14(6-7-14)11-4-2-1-3-5-11/h1-5H,6-10H2,(H,22,23). The van der Waals surface area contributed by atoms with Crippen molar-refractivity contribution in [1.29, 1.82) is 0 Å². The second kappa shape index (κ2) is 4.97. The SMILES string of the molecule is O=C(N1CCC(C(=O)O)(C(F)(F)F)C1)C1(c2ccccc2)CC1. The van der Waals surface area contributed by atoms with Gasteiger partial charge >= 0.3 is 12.1 Å². The van der Waals surface area contributed by atoms with Gasteiger partial charge in [-0.15, -0.1) is 0 Å². The summed E-state index contributed by atoms with van der Waals surface area (Å²) in [7, 11) is 0. The third kappa shape index (κ3) is 2.29. The molecule has 1 saturated carbocycles. The zero-order valence-corrected chi connectivity index (χ0v) is 12.3. The van der Waals surface area contributed by atoms with Crippen molar-refractivity contribution >= 4 is 11.9 Å². The highest BCUT2D eigenvalue weighted by Crippen LogP contribution is 2.52. The lowest BCUT2D eigenvalue weighted by Gasteiger charge is -2.28. The maximum atomic E-state index is 13.2. The predicted molar refractivity (Wildman–Crippen MR) is 74.7 cm³/mol. The van der Waals surface area contributed by atoms with Gasteiger partial charge in [0.25, 0.3) is 0 Å². The number of alkyl halides is 3. The Labute approximate surface area is 130 Å². The molecule has 2 fully saturated rings. The Balaban J connectivity index is 1.85. The summed E-state index contributed by atoms with van der Waals surface area (Å²) < 4.78 is 39.7. The van der Waals surface area contributed by atoms with Crippen LogP contribution in [0, 0.1) is 5.41 Å². The molecule has 1 aromatic carbocycles. The van der Waals surface area contributed by atoms with Crippen molar-refractivity contribution < 1.29 is 27.9 Å². The largest absolute Gasteiger partial charge is 0.481 e. The fourth-order valence-electron chi connectivity index (χ4n) is 3.32. The van der Waals surface area contributed by atoms with Crippen LogP contribution in [0.25, 0.3) is 0 Å². The molecule has 7 heteroatoms. The van der Waals surface area contributed by atoms with Gasteiger partial charge in [0.2, 0.25) is 5.91 Å². The minimum atomic E-state index is -4.88. The lowest BCUT2D eigenvalue weighted by atomic mass is 9.86. The van der Waals surface area contributed by atoms with Crippen LogP contribution >= 0.6 is 0 Å². The lowest BCUT2D eigenvalue weighted by Crippen LogP contribution is -2.48. The molecule has 0 radical (unpaired) electrons. The summed E-state index contributed by atoms with van der Waals surface area (Å²) in [5.41, 5.74) is -2.85. The van der Waals surface area contributed by atoms with E-state index in [4.69, 9.17) is 5.11 Å². The Morgan fingerprint density at radius 1 is 1.09 bits per heavy atom. The predicted octanol–water partition coefficient (Wildman–Crippen LogP) is 2.58. The number of carboxylic acids is 1. The normalized spacial score (nSPS) is 26.1. The first-order chi connectivity index (χ1) is 10.7. The van der Waals surface area contributed by atoms with Crippen LogP contribution in [-0.4, -0.2) is 41.1 Å². The van der Waals surface area contributed by atoms with E-state index in [1.54, 1.807) is 30.3 Å². The van der Waals surface area contributed by atoms with E-state index in [9.17, 15) is 22.8 Å². The zero-order chi connectivity index (χ0) is 16.9. The van der Waals surface area contributed by atoms with Crippen LogP contribution in [0.4, 0.5) is 13.2 Å². The Morgan fingerprint density at radius 2 is 1.70 bits per heavy atom. The van der Waals surface area contributed by atoms with Gasteiger partial charge in [0.15, 0.2) is 5.41 Å². The monoisotopic (exact) mass is 327 g/mol. The quantitative estimate of drug-likeness (QED) is 0.928. The molecule has 1 amide bonds. The van der Waals surface area contributed by atoms with Crippen LogP contribution in [0.3, 0.4) is 0 Å². The first kappa shape index (κ1) is 15.8. The van der Waals surface area contributed by atoms with E-state index in [1.165, 1.54) is 0 Å². The van der Waals surface area contributed by atoms with Gasteiger partial charge in [-0.1, -0.05) is 30.3 Å². The molecule has 1 heterocycles. The Hall–Kier alpha value is -2.05. The molecule has 1 aromatic rings. The number of halogens is 3. The Bertz CT molecular complexity index is 640. The Morgan fingerprint density at radius 3 is 2.13 bits per heavy atom. The van der Waals surface area contributed by atoms with Crippen molar-refractivity contribution in [2.45, 2.75) is 30.9 Å².